The van der Waals surface area contributed by atoms with Crippen molar-refractivity contribution in [2.45, 2.75) is 39.3 Å². The third kappa shape index (κ3) is 3.22. The molecule has 0 fully saturated rings. The summed E-state index contributed by atoms with van der Waals surface area (Å²) in [5.41, 5.74) is -0.461. The summed E-state index contributed by atoms with van der Waals surface area (Å²) in [6.45, 7) is 7.86. The van der Waals surface area contributed by atoms with Gasteiger partial charge in [-0.05, 0) is 27.7 Å². The zero-order valence-corrected chi connectivity index (χ0v) is 8.93. The normalized spacial score (nSPS) is 11.9. The van der Waals surface area contributed by atoms with Gasteiger partial charge in [0.2, 0.25) is 5.91 Å². The lowest BCUT2D eigenvalue weighted by atomic mass is 10.0. The third-order valence-electron chi connectivity index (χ3n) is 1.59. The average Bonchev–Trinajstić information content (AvgIpc) is 1.82. The van der Waals surface area contributed by atoms with Gasteiger partial charge < -0.3 is 10.2 Å². The molecule has 0 spiro atoms. The SMILES string of the molecule is CC(C)NC(C)(C)C(=O)N(C)C. The topological polar surface area (TPSA) is 32.3 Å². The minimum atomic E-state index is -0.461. The van der Waals surface area contributed by atoms with Crippen LogP contribution in [0.25, 0.3) is 0 Å². The molecule has 72 valence electrons. The molecule has 0 bridgehead atoms. The second-order valence-corrected chi connectivity index (χ2v) is 4.12. The van der Waals surface area contributed by atoms with Crippen LogP contribution in [0.4, 0.5) is 0 Å². The number of amides is 1. The van der Waals surface area contributed by atoms with E-state index in [1.807, 2.05) is 27.7 Å². The highest BCUT2D eigenvalue weighted by molar-refractivity contribution is 5.85. The molecule has 0 aromatic rings. The molecule has 0 radical (unpaired) electrons. The third-order valence-corrected chi connectivity index (χ3v) is 1.59. The first kappa shape index (κ1) is 11.4. The van der Waals surface area contributed by atoms with Crippen LogP contribution in [-0.4, -0.2) is 36.5 Å². The minimum Gasteiger partial charge on any atom is -0.347 e. The van der Waals surface area contributed by atoms with E-state index in [1.54, 1.807) is 19.0 Å². The van der Waals surface area contributed by atoms with Crippen LogP contribution < -0.4 is 5.32 Å². The van der Waals surface area contributed by atoms with Crippen LogP contribution in [0.15, 0.2) is 0 Å². The van der Waals surface area contributed by atoms with Gasteiger partial charge in [0.1, 0.15) is 0 Å². The summed E-state index contributed by atoms with van der Waals surface area (Å²) in [5.74, 6) is 0.108. The molecule has 0 aromatic carbocycles. The van der Waals surface area contributed by atoms with Crippen molar-refractivity contribution in [1.82, 2.24) is 10.2 Å². The van der Waals surface area contributed by atoms with Crippen molar-refractivity contribution in [1.29, 1.82) is 0 Å². The molecule has 0 saturated carbocycles. The lowest BCUT2D eigenvalue weighted by Crippen LogP contribution is -2.54. The highest BCUT2D eigenvalue weighted by Crippen LogP contribution is 2.06. The number of nitrogens with zero attached hydrogens (tertiary/aromatic N) is 1. The van der Waals surface area contributed by atoms with Gasteiger partial charge in [-0.15, -0.1) is 0 Å². The number of carbonyl (C=O) groups is 1. The minimum absolute atomic E-state index is 0.108. The number of nitrogens with one attached hydrogen (secondary N) is 1. The summed E-state index contributed by atoms with van der Waals surface area (Å²) in [7, 11) is 3.54. The summed E-state index contributed by atoms with van der Waals surface area (Å²) >= 11 is 0. The van der Waals surface area contributed by atoms with Crippen LogP contribution in [0, 0.1) is 0 Å². The molecule has 0 unspecified atom stereocenters. The molecule has 3 heteroatoms. The molecule has 0 heterocycles. The van der Waals surface area contributed by atoms with Crippen molar-refractivity contribution in [2.75, 3.05) is 14.1 Å². The number of carbonyl (C=O) groups excluding carboxylic acids is 1. The molecule has 0 saturated heterocycles. The first-order valence-corrected chi connectivity index (χ1v) is 4.27. The fraction of sp³-hybridized carbons (Fsp3) is 0.889. The van der Waals surface area contributed by atoms with Gasteiger partial charge in [-0.25, -0.2) is 0 Å². The molecule has 12 heavy (non-hydrogen) atoms. The largest absolute Gasteiger partial charge is 0.347 e. The molecule has 0 aliphatic rings. The summed E-state index contributed by atoms with van der Waals surface area (Å²) in [4.78, 5) is 13.2. The highest BCUT2D eigenvalue weighted by Gasteiger charge is 2.28. The van der Waals surface area contributed by atoms with Crippen molar-refractivity contribution >= 4 is 5.91 Å². The maximum absolute atomic E-state index is 11.6. The molecule has 0 aromatic heterocycles. The molecule has 1 amide bonds. The van der Waals surface area contributed by atoms with E-state index >= 15 is 0 Å². The van der Waals surface area contributed by atoms with E-state index < -0.39 is 5.54 Å². The van der Waals surface area contributed by atoms with E-state index in [1.165, 1.54) is 0 Å². The van der Waals surface area contributed by atoms with Crippen molar-refractivity contribution in [3.63, 3.8) is 0 Å². The van der Waals surface area contributed by atoms with Crippen molar-refractivity contribution < 1.29 is 4.79 Å². The van der Waals surface area contributed by atoms with Crippen LogP contribution in [-0.2, 0) is 4.79 Å². The fourth-order valence-corrected chi connectivity index (χ4v) is 1.34. The van der Waals surface area contributed by atoms with Gasteiger partial charge in [-0.3, -0.25) is 4.79 Å². The molecule has 0 rings (SSSR count). The van der Waals surface area contributed by atoms with Gasteiger partial charge in [0, 0.05) is 20.1 Å². The van der Waals surface area contributed by atoms with Crippen LogP contribution in [0.3, 0.4) is 0 Å². The van der Waals surface area contributed by atoms with Crippen LogP contribution >= 0.6 is 0 Å². The standard InChI is InChI=1S/C9H20N2O/c1-7(2)10-9(3,4)8(12)11(5)6/h7,10H,1-6H3. The van der Waals surface area contributed by atoms with Crippen LogP contribution in [0.1, 0.15) is 27.7 Å². The second kappa shape index (κ2) is 3.90. The molecule has 0 aliphatic carbocycles. The molecule has 3 nitrogen and oxygen atoms in total. The Labute approximate surface area is 75.1 Å². The molecular formula is C9H20N2O. The molecular weight excluding hydrogens is 152 g/mol. The van der Waals surface area contributed by atoms with Gasteiger partial charge in [-0.2, -0.15) is 0 Å². The average molecular weight is 172 g/mol. The Bertz CT molecular complexity index is 162. The van der Waals surface area contributed by atoms with Crippen molar-refractivity contribution in [3.05, 3.63) is 0 Å². The zero-order chi connectivity index (χ0) is 9.94. The van der Waals surface area contributed by atoms with E-state index in [4.69, 9.17) is 0 Å². The number of hydrogen-bond acceptors (Lipinski definition) is 2. The summed E-state index contributed by atoms with van der Waals surface area (Å²) in [6.07, 6.45) is 0. The van der Waals surface area contributed by atoms with Crippen molar-refractivity contribution in [3.8, 4) is 0 Å². The lowest BCUT2D eigenvalue weighted by molar-refractivity contribution is -0.134. The van der Waals surface area contributed by atoms with Crippen molar-refractivity contribution in [2.24, 2.45) is 0 Å². The molecule has 0 atom stereocenters. The first-order chi connectivity index (χ1) is 5.27. The highest BCUT2D eigenvalue weighted by atomic mass is 16.2. The van der Waals surface area contributed by atoms with Gasteiger partial charge in [-0.1, -0.05) is 0 Å². The Kier molecular flexibility index (Phi) is 3.71. The number of rotatable bonds is 3. The monoisotopic (exact) mass is 172 g/mol. The first-order valence-electron chi connectivity index (χ1n) is 4.27. The number of hydrogen-bond donors (Lipinski definition) is 1. The maximum Gasteiger partial charge on any atom is 0.241 e. The Morgan fingerprint density at radius 1 is 1.33 bits per heavy atom. The molecule has 1 N–H and O–H groups in total. The van der Waals surface area contributed by atoms with Crippen LogP contribution in [0.5, 0.6) is 0 Å². The summed E-state index contributed by atoms with van der Waals surface area (Å²) in [6, 6.07) is 0.323. The Hall–Kier alpha value is -0.570. The van der Waals surface area contributed by atoms with E-state index in [9.17, 15) is 4.79 Å². The summed E-state index contributed by atoms with van der Waals surface area (Å²) in [5, 5.41) is 3.21. The van der Waals surface area contributed by atoms with Gasteiger partial charge in [0.25, 0.3) is 0 Å². The fourth-order valence-electron chi connectivity index (χ4n) is 1.34. The lowest BCUT2D eigenvalue weighted by Gasteiger charge is -2.30. The van der Waals surface area contributed by atoms with E-state index in [-0.39, 0.29) is 5.91 Å². The predicted molar refractivity (Wildman–Crippen MR) is 51.0 cm³/mol. The van der Waals surface area contributed by atoms with Gasteiger partial charge in [0.15, 0.2) is 0 Å². The molecule has 0 aliphatic heterocycles. The van der Waals surface area contributed by atoms with E-state index in [0.29, 0.717) is 6.04 Å². The van der Waals surface area contributed by atoms with Gasteiger partial charge >= 0.3 is 0 Å². The van der Waals surface area contributed by atoms with Crippen LogP contribution in [0.2, 0.25) is 0 Å². The van der Waals surface area contributed by atoms with Gasteiger partial charge in [0.05, 0.1) is 5.54 Å². The number of likely N-dealkylation sites (N-methyl/N-ethyl adjacent to an activating group) is 1. The van der Waals surface area contributed by atoms with E-state index in [2.05, 4.69) is 5.32 Å². The van der Waals surface area contributed by atoms with E-state index in [0.717, 1.165) is 0 Å². The maximum atomic E-state index is 11.6. The summed E-state index contributed by atoms with van der Waals surface area (Å²) < 4.78 is 0. The predicted octanol–water partition coefficient (Wildman–Crippen LogP) is 0.851. The Morgan fingerprint density at radius 3 is 2.00 bits per heavy atom. The second-order valence-electron chi connectivity index (χ2n) is 4.12. The Balaban J connectivity index is 4.29. The zero-order valence-electron chi connectivity index (χ0n) is 8.93. The Morgan fingerprint density at radius 2 is 1.75 bits per heavy atom. The quantitative estimate of drug-likeness (QED) is 0.684. The smallest absolute Gasteiger partial charge is 0.241 e.